The number of nitrogens with one attached hydrogen (secondary N) is 2. The van der Waals surface area contributed by atoms with Gasteiger partial charge in [-0.2, -0.15) is 0 Å². The summed E-state index contributed by atoms with van der Waals surface area (Å²) in [5, 5.41) is 17.2. The van der Waals surface area contributed by atoms with Crippen LogP contribution in [0.25, 0.3) is 5.57 Å². The molecule has 2 aliphatic heterocycles. The molecule has 2 aliphatic rings. The summed E-state index contributed by atoms with van der Waals surface area (Å²) < 4.78 is 11.4. The van der Waals surface area contributed by atoms with Crippen molar-refractivity contribution in [2.45, 2.75) is 77.4 Å². The third-order valence-electron chi connectivity index (χ3n) is 8.02. The number of aliphatic carboxylic acids is 1. The van der Waals surface area contributed by atoms with E-state index in [2.05, 4.69) is 48.8 Å². The number of methoxy groups -OCH3 is 1. The highest BCUT2D eigenvalue weighted by molar-refractivity contribution is 5.84. The third-order valence-corrected chi connectivity index (χ3v) is 8.02. The normalized spacial score (nSPS) is 16.5. The van der Waals surface area contributed by atoms with Crippen molar-refractivity contribution in [1.29, 1.82) is 0 Å². The number of aryl methyl sites for hydroxylation is 2. The molecule has 8 nitrogen and oxygen atoms in total. The van der Waals surface area contributed by atoms with Gasteiger partial charge in [-0.05, 0) is 62.7 Å². The molecule has 0 aliphatic carbocycles. The molecule has 1 unspecified atom stereocenters. The number of fused-ring (bicyclic) bond motifs is 1. The minimum atomic E-state index is -0.837. The topological polar surface area (TPSA) is 96.0 Å². The van der Waals surface area contributed by atoms with Crippen LogP contribution in [0, 0.1) is 0 Å². The number of carboxylic acids is 1. The zero-order valence-corrected chi connectivity index (χ0v) is 25.1. The number of aromatic nitrogens is 1. The van der Waals surface area contributed by atoms with Gasteiger partial charge in [0.25, 0.3) is 0 Å². The molecule has 0 bridgehead atoms. The molecule has 1 aromatic heterocycles. The number of likely N-dealkylation sites (tertiary alicyclic amines) is 1. The Labute approximate surface area is 245 Å². The number of benzene rings is 1. The molecule has 1 aromatic carbocycles. The van der Waals surface area contributed by atoms with Gasteiger partial charge in [-0.3, -0.25) is 9.69 Å². The van der Waals surface area contributed by atoms with E-state index >= 15 is 0 Å². The number of unbranched alkanes of at least 4 members (excludes halogenated alkanes) is 3. The maximum Gasteiger partial charge on any atom is 0.325 e. The van der Waals surface area contributed by atoms with Crippen LogP contribution in [-0.4, -0.2) is 73.6 Å². The molecule has 0 saturated carbocycles. The second-order valence-electron chi connectivity index (χ2n) is 11.2. The summed E-state index contributed by atoms with van der Waals surface area (Å²) in [4.78, 5) is 19.3. The lowest BCUT2D eigenvalue weighted by molar-refractivity contribution is -0.150. The molecule has 41 heavy (non-hydrogen) atoms. The molecule has 2 aromatic rings. The maximum atomic E-state index is 12.5. The van der Waals surface area contributed by atoms with Crippen molar-refractivity contribution < 1.29 is 19.4 Å². The van der Waals surface area contributed by atoms with Crippen molar-refractivity contribution in [3.8, 4) is 0 Å². The van der Waals surface area contributed by atoms with Crippen molar-refractivity contribution in [2.24, 2.45) is 0 Å². The van der Waals surface area contributed by atoms with Gasteiger partial charge >= 0.3 is 5.97 Å². The van der Waals surface area contributed by atoms with Gasteiger partial charge in [0.05, 0.1) is 12.7 Å². The Bertz CT molecular complexity index is 1160. The minimum Gasteiger partial charge on any atom is -0.480 e. The molecule has 0 spiro atoms. The van der Waals surface area contributed by atoms with E-state index < -0.39 is 12.0 Å². The lowest BCUT2D eigenvalue weighted by Crippen LogP contribution is -2.55. The summed E-state index contributed by atoms with van der Waals surface area (Å²) in [5.41, 5.74) is 6.37. The van der Waals surface area contributed by atoms with Gasteiger partial charge in [0.15, 0.2) is 0 Å². The Hall–Kier alpha value is -2.94. The van der Waals surface area contributed by atoms with Crippen LogP contribution in [0.3, 0.4) is 0 Å². The van der Waals surface area contributed by atoms with Crippen molar-refractivity contribution in [1.82, 2.24) is 9.88 Å². The number of allylic oxidation sites excluding steroid dienone is 2. The maximum absolute atomic E-state index is 12.5. The first-order valence-electron chi connectivity index (χ1n) is 15.4. The molecule has 224 valence electrons. The van der Waals surface area contributed by atoms with Crippen LogP contribution >= 0.6 is 0 Å². The lowest BCUT2D eigenvalue weighted by Gasteiger charge is -2.43. The number of carboxylic acid groups (broad SMARTS) is 1. The first kappa shape index (κ1) is 31.0. The van der Waals surface area contributed by atoms with E-state index in [0.717, 1.165) is 85.4 Å². The Morgan fingerprint density at radius 3 is 2.85 bits per heavy atom. The van der Waals surface area contributed by atoms with E-state index in [1.54, 1.807) is 7.11 Å². The highest BCUT2D eigenvalue weighted by Crippen LogP contribution is 2.36. The number of nitrogens with zero attached hydrogens (tertiary/aromatic N) is 2. The molecule has 0 amide bonds. The van der Waals surface area contributed by atoms with Gasteiger partial charge in [-0.15, -0.1) is 0 Å². The Balaban J connectivity index is 1.27. The number of carbonyl (C=O) groups is 1. The Morgan fingerprint density at radius 2 is 2.07 bits per heavy atom. The molecular formula is C33H48N4O4. The number of para-hydroxylation sites is 1. The molecule has 8 heteroatoms. The average Bonchev–Trinajstić information content (AvgIpc) is 2.96. The van der Waals surface area contributed by atoms with Gasteiger partial charge < -0.3 is 25.2 Å². The highest BCUT2D eigenvalue weighted by Gasteiger charge is 2.39. The molecule has 3 heterocycles. The van der Waals surface area contributed by atoms with Gasteiger partial charge in [0, 0.05) is 62.4 Å². The van der Waals surface area contributed by atoms with E-state index in [0.29, 0.717) is 32.8 Å². The molecule has 0 radical (unpaired) electrons. The van der Waals surface area contributed by atoms with Crippen LogP contribution in [0.2, 0.25) is 0 Å². The second kappa shape index (κ2) is 15.9. The van der Waals surface area contributed by atoms with Crippen LogP contribution < -0.4 is 10.6 Å². The van der Waals surface area contributed by atoms with Crippen LogP contribution in [0.4, 0.5) is 11.5 Å². The summed E-state index contributed by atoms with van der Waals surface area (Å²) >= 11 is 0. The van der Waals surface area contributed by atoms with E-state index in [9.17, 15) is 9.90 Å². The monoisotopic (exact) mass is 564 g/mol. The summed E-state index contributed by atoms with van der Waals surface area (Å²) in [5.74, 6) is 0.232. The van der Waals surface area contributed by atoms with Gasteiger partial charge in [-0.25, -0.2) is 4.98 Å². The summed E-state index contributed by atoms with van der Waals surface area (Å²) in [6.45, 7) is 8.37. The first-order chi connectivity index (χ1) is 20.0. The average molecular weight is 565 g/mol. The van der Waals surface area contributed by atoms with E-state index in [4.69, 9.17) is 14.5 Å². The largest absolute Gasteiger partial charge is 0.480 e. The summed E-state index contributed by atoms with van der Waals surface area (Å²) in [7, 11) is 1.67. The molecule has 1 saturated heterocycles. The van der Waals surface area contributed by atoms with Crippen LogP contribution in [-0.2, 0) is 27.1 Å². The Morgan fingerprint density at radius 1 is 1.22 bits per heavy atom. The van der Waals surface area contributed by atoms with Crippen LogP contribution in [0.1, 0.15) is 80.8 Å². The van der Waals surface area contributed by atoms with Gasteiger partial charge in [0.1, 0.15) is 11.9 Å². The number of hydrogen-bond donors (Lipinski definition) is 3. The number of anilines is 2. The molecular weight excluding hydrogens is 516 g/mol. The Kier molecular flexibility index (Phi) is 12.0. The van der Waals surface area contributed by atoms with Crippen molar-refractivity contribution in [3.05, 3.63) is 58.8 Å². The fourth-order valence-electron chi connectivity index (χ4n) is 5.69. The molecule has 1 fully saturated rings. The molecule has 4 rings (SSSR count). The zero-order chi connectivity index (χ0) is 29.0. The minimum absolute atomic E-state index is 0.0736. The van der Waals surface area contributed by atoms with Crippen molar-refractivity contribution >= 4 is 23.0 Å². The summed E-state index contributed by atoms with van der Waals surface area (Å²) in [6.07, 6.45) is 10.8. The van der Waals surface area contributed by atoms with E-state index in [1.165, 1.54) is 12.0 Å². The fraction of sp³-hybridized carbons (Fsp3) is 0.576. The predicted molar refractivity (Wildman–Crippen MR) is 166 cm³/mol. The number of rotatable bonds is 17. The van der Waals surface area contributed by atoms with Crippen molar-refractivity contribution in [3.63, 3.8) is 0 Å². The first-order valence-corrected chi connectivity index (χ1v) is 15.4. The molecule has 3 N–H and O–H groups in total. The number of hydrogen-bond acceptors (Lipinski definition) is 7. The van der Waals surface area contributed by atoms with E-state index in [1.807, 2.05) is 17.0 Å². The second-order valence-corrected chi connectivity index (χ2v) is 11.2. The van der Waals surface area contributed by atoms with Crippen LogP contribution in [0.15, 0.2) is 36.4 Å². The number of pyridine rings is 1. The molecule has 1 atom stereocenters. The fourth-order valence-corrected chi connectivity index (χ4v) is 5.69. The third kappa shape index (κ3) is 8.53. The lowest BCUT2D eigenvalue weighted by atomic mass is 9.93. The van der Waals surface area contributed by atoms with Crippen LogP contribution in [0.5, 0.6) is 0 Å². The SMILES string of the molecule is CCC/C=C(/C)c1cccc(C(C(=O)O)N2CC(OCCCCCc3ccc4c(n3)NCCC4)C2)c1NCCOC. The predicted octanol–water partition coefficient (Wildman–Crippen LogP) is 5.94. The van der Waals surface area contributed by atoms with E-state index in [-0.39, 0.29) is 6.10 Å². The number of ether oxygens (including phenoxy) is 2. The highest BCUT2D eigenvalue weighted by atomic mass is 16.5. The standard InChI is InChI=1S/C33H48N4O4/c1-4-5-11-24(2)28-14-9-15-29(30(28)34-19-21-40-3)31(33(38)39)37-22-27(23-37)41-20-8-6-7-13-26-17-16-25-12-10-18-35-32(25)36-26/h9,11,14-17,27,31,34H,4-8,10,12-13,18-23H2,1-3H3,(H,35,36)(H,38,39)/b24-11-. The van der Waals surface area contributed by atoms with Crippen molar-refractivity contribution in [2.75, 3.05) is 57.1 Å². The van der Waals surface area contributed by atoms with Gasteiger partial charge in [0.2, 0.25) is 0 Å². The van der Waals surface area contributed by atoms with Gasteiger partial charge in [-0.1, -0.05) is 50.1 Å². The smallest absolute Gasteiger partial charge is 0.325 e. The zero-order valence-electron chi connectivity index (χ0n) is 25.1. The quantitative estimate of drug-likeness (QED) is 0.203. The summed E-state index contributed by atoms with van der Waals surface area (Å²) in [6, 6.07) is 9.64.